The second-order valence-corrected chi connectivity index (χ2v) is 3.75. The van der Waals surface area contributed by atoms with Gasteiger partial charge < -0.3 is 9.52 Å². The van der Waals surface area contributed by atoms with Gasteiger partial charge in [0, 0.05) is 18.7 Å². The Kier molecular flexibility index (Phi) is 5.68. The summed E-state index contributed by atoms with van der Waals surface area (Å²) in [4.78, 5) is 13.4. The van der Waals surface area contributed by atoms with Gasteiger partial charge in [-0.25, -0.2) is 5.84 Å². The molecule has 6 heteroatoms. The molecule has 0 unspecified atom stereocenters. The highest BCUT2D eigenvalue weighted by Gasteiger charge is 2.16. The fourth-order valence-electron chi connectivity index (χ4n) is 1.69. The molecule has 0 radical (unpaired) electrons. The highest BCUT2D eigenvalue weighted by molar-refractivity contribution is 5.92. The van der Waals surface area contributed by atoms with Crippen molar-refractivity contribution in [2.75, 3.05) is 19.7 Å². The van der Waals surface area contributed by atoms with Crippen molar-refractivity contribution >= 4 is 5.91 Å². The first-order chi connectivity index (χ1) is 8.22. The molecule has 0 saturated carbocycles. The number of carbonyl (C=O) groups is 1. The average Bonchev–Trinajstić information content (AvgIpc) is 2.77. The molecule has 4 N–H and O–H groups in total. The van der Waals surface area contributed by atoms with Crippen LogP contribution in [0.3, 0.4) is 0 Å². The van der Waals surface area contributed by atoms with E-state index < -0.39 is 5.91 Å². The summed E-state index contributed by atoms with van der Waals surface area (Å²) in [6.07, 6.45) is 2.44. The summed E-state index contributed by atoms with van der Waals surface area (Å²) in [5, 5.41) is 8.95. The van der Waals surface area contributed by atoms with Gasteiger partial charge in [-0.05, 0) is 19.0 Å². The van der Waals surface area contributed by atoms with Crippen molar-refractivity contribution in [2.45, 2.75) is 19.9 Å². The molecule has 0 aromatic carbocycles. The number of nitrogens with two attached hydrogens (primary N) is 1. The number of hydrogen-bond donors (Lipinski definition) is 3. The van der Waals surface area contributed by atoms with E-state index in [0.29, 0.717) is 13.1 Å². The first-order valence-electron chi connectivity index (χ1n) is 5.63. The average molecular weight is 241 g/mol. The van der Waals surface area contributed by atoms with Gasteiger partial charge >= 0.3 is 5.91 Å². The van der Waals surface area contributed by atoms with Gasteiger partial charge in [0.15, 0.2) is 5.76 Å². The van der Waals surface area contributed by atoms with E-state index in [0.717, 1.165) is 18.5 Å². The molecule has 0 aliphatic rings. The van der Waals surface area contributed by atoms with E-state index in [1.807, 2.05) is 5.43 Å². The minimum Gasteiger partial charge on any atom is -0.459 e. The number of carbonyl (C=O) groups excluding carboxylic acids is 1. The minimum atomic E-state index is -0.439. The number of amides is 1. The quantitative estimate of drug-likeness (QED) is 0.357. The largest absolute Gasteiger partial charge is 0.459 e. The zero-order chi connectivity index (χ0) is 12.7. The van der Waals surface area contributed by atoms with Crippen LogP contribution in [0.15, 0.2) is 16.7 Å². The maximum absolute atomic E-state index is 11.4. The summed E-state index contributed by atoms with van der Waals surface area (Å²) in [5.74, 6) is 4.86. The smallest absolute Gasteiger partial charge is 0.301 e. The van der Waals surface area contributed by atoms with Crippen LogP contribution in [0.25, 0.3) is 0 Å². The van der Waals surface area contributed by atoms with E-state index in [1.165, 1.54) is 6.26 Å². The number of aliphatic hydroxyl groups excluding tert-OH is 1. The van der Waals surface area contributed by atoms with Crippen LogP contribution in [-0.2, 0) is 6.54 Å². The first kappa shape index (κ1) is 13.7. The molecule has 0 spiro atoms. The van der Waals surface area contributed by atoms with Crippen molar-refractivity contribution in [1.82, 2.24) is 10.3 Å². The van der Waals surface area contributed by atoms with Gasteiger partial charge in [-0.2, -0.15) is 0 Å². The van der Waals surface area contributed by atoms with Crippen molar-refractivity contribution < 1.29 is 14.3 Å². The van der Waals surface area contributed by atoms with Gasteiger partial charge in [-0.3, -0.25) is 15.1 Å². The summed E-state index contributed by atoms with van der Waals surface area (Å²) in [6.45, 7) is 4.15. The summed E-state index contributed by atoms with van der Waals surface area (Å²) in [6, 6.07) is 1.74. The Hall–Kier alpha value is -1.37. The van der Waals surface area contributed by atoms with Gasteiger partial charge in [0.2, 0.25) is 0 Å². The molecule has 1 rings (SSSR count). The summed E-state index contributed by atoms with van der Waals surface area (Å²) < 4.78 is 5.09. The van der Waals surface area contributed by atoms with Gasteiger partial charge in [-0.1, -0.05) is 6.92 Å². The van der Waals surface area contributed by atoms with E-state index in [2.05, 4.69) is 11.8 Å². The molecule has 0 saturated heterocycles. The standard InChI is InChI=1S/C11H19N3O3/c1-2-4-14(5-6-15)8-9-3-7-17-10(9)11(16)13-12/h3,7,15H,2,4-6,8,12H2,1H3,(H,13,16). The number of nitrogen functional groups attached to an aromatic ring is 1. The summed E-state index contributed by atoms with van der Waals surface area (Å²) in [5.41, 5.74) is 2.82. The Morgan fingerprint density at radius 1 is 1.59 bits per heavy atom. The minimum absolute atomic E-state index is 0.0935. The molecule has 0 fully saturated rings. The molecule has 1 heterocycles. The highest BCUT2D eigenvalue weighted by Crippen LogP contribution is 2.13. The molecule has 1 aromatic heterocycles. The highest BCUT2D eigenvalue weighted by atomic mass is 16.3. The number of aliphatic hydroxyl groups is 1. The molecule has 0 bridgehead atoms. The molecule has 0 aliphatic carbocycles. The van der Waals surface area contributed by atoms with Crippen LogP contribution in [0.2, 0.25) is 0 Å². The van der Waals surface area contributed by atoms with E-state index in [1.54, 1.807) is 6.07 Å². The SMILES string of the molecule is CCCN(CCO)Cc1ccoc1C(=O)NN. The van der Waals surface area contributed by atoms with E-state index in [4.69, 9.17) is 15.4 Å². The molecule has 96 valence electrons. The molecule has 0 atom stereocenters. The van der Waals surface area contributed by atoms with Gasteiger partial charge in [0.25, 0.3) is 0 Å². The van der Waals surface area contributed by atoms with Crippen LogP contribution in [0.4, 0.5) is 0 Å². The predicted molar refractivity (Wildman–Crippen MR) is 63.0 cm³/mol. The number of furan rings is 1. The lowest BCUT2D eigenvalue weighted by Crippen LogP contribution is -2.32. The van der Waals surface area contributed by atoms with E-state index >= 15 is 0 Å². The summed E-state index contributed by atoms with van der Waals surface area (Å²) in [7, 11) is 0. The van der Waals surface area contributed by atoms with Crippen LogP contribution in [0.1, 0.15) is 29.5 Å². The number of nitrogens with zero attached hydrogens (tertiary/aromatic N) is 1. The fraction of sp³-hybridized carbons (Fsp3) is 0.545. The molecule has 1 aromatic rings. The van der Waals surface area contributed by atoms with Crippen molar-refractivity contribution in [1.29, 1.82) is 0 Å². The third-order valence-corrected chi connectivity index (χ3v) is 2.43. The van der Waals surface area contributed by atoms with Crippen LogP contribution in [0, 0.1) is 0 Å². The maximum Gasteiger partial charge on any atom is 0.301 e. The number of rotatable bonds is 7. The summed E-state index contributed by atoms with van der Waals surface area (Å²) >= 11 is 0. The lowest BCUT2D eigenvalue weighted by atomic mass is 10.2. The molecular formula is C11H19N3O3. The van der Waals surface area contributed by atoms with E-state index in [-0.39, 0.29) is 12.4 Å². The van der Waals surface area contributed by atoms with E-state index in [9.17, 15) is 4.79 Å². The Labute approximate surface area is 100 Å². The second-order valence-electron chi connectivity index (χ2n) is 3.75. The maximum atomic E-state index is 11.4. The van der Waals surface area contributed by atoms with Crippen molar-refractivity contribution in [2.24, 2.45) is 5.84 Å². The zero-order valence-electron chi connectivity index (χ0n) is 9.98. The number of hydrazine groups is 1. The van der Waals surface area contributed by atoms with Crippen LogP contribution in [0.5, 0.6) is 0 Å². The molecule has 0 aliphatic heterocycles. The lowest BCUT2D eigenvalue weighted by Gasteiger charge is -2.19. The Morgan fingerprint density at radius 2 is 2.35 bits per heavy atom. The third kappa shape index (κ3) is 3.85. The fourth-order valence-corrected chi connectivity index (χ4v) is 1.69. The van der Waals surface area contributed by atoms with Gasteiger partial charge in [0.1, 0.15) is 0 Å². The molecule has 17 heavy (non-hydrogen) atoms. The third-order valence-electron chi connectivity index (χ3n) is 2.43. The first-order valence-corrected chi connectivity index (χ1v) is 5.63. The second kappa shape index (κ2) is 7.05. The van der Waals surface area contributed by atoms with Crippen LogP contribution >= 0.6 is 0 Å². The molecule has 6 nitrogen and oxygen atoms in total. The lowest BCUT2D eigenvalue weighted by molar-refractivity contribution is 0.0922. The van der Waals surface area contributed by atoms with Crippen molar-refractivity contribution in [3.63, 3.8) is 0 Å². The van der Waals surface area contributed by atoms with Crippen LogP contribution < -0.4 is 11.3 Å². The predicted octanol–water partition coefficient (Wildman–Crippen LogP) is 0.0874. The molecule has 1 amide bonds. The Morgan fingerprint density at radius 3 is 2.94 bits per heavy atom. The molecular weight excluding hydrogens is 222 g/mol. The van der Waals surface area contributed by atoms with Crippen LogP contribution in [-0.4, -0.2) is 35.6 Å². The van der Waals surface area contributed by atoms with Crippen molar-refractivity contribution in [3.05, 3.63) is 23.7 Å². The van der Waals surface area contributed by atoms with Gasteiger partial charge in [-0.15, -0.1) is 0 Å². The monoisotopic (exact) mass is 241 g/mol. The zero-order valence-corrected chi connectivity index (χ0v) is 9.98. The Balaban J connectivity index is 2.71. The van der Waals surface area contributed by atoms with Crippen molar-refractivity contribution in [3.8, 4) is 0 Å². The number of nitrogens with one attached hydrogen (secondary N) is 1. The Bertz CT molecular complexity index is 345. The number of hydrogen-bond acceptors (Lipinski definition) is 5. The topological polar surface area (TPSA) is 91.7 Å². The normalized spacial score (nSPS) is 10.8. The van der Waals surface area contributed by atoms with Gasteiger partial charge in [0.05, 0.1) is 12.9 Å².